The first kappa shape index (κ1) is 18.4. The van der Waals surface area contributed by atoms with Gasteiger partial charge in [-0.05, 0) is 30.2 Å². The number of piperidine rings is 1. The molecule has 1 aromatic carbocycles. The summed E-state index contributed by atoms with van der Waals surface area (Å²) in [7, 11) is 7.36. The van der Waals surface area contributed by atoms with Gasteiger partial charge < -0.3 is 15.1 Å². The van der Waals surface area contributed by atoms with Gasteiger partial charge in [0.15, 0.2) is 0 Å². The number of hydrogen-bond acceptors (Lipinski definition) is 4. The van der Waals surface area contributed by atoms with Crippen LogP contribution in [0.2, 0.25) is 0 Å². The first-order chi connectivity index (χ1) is 12.4. The summed E-state index contributed by atoms with van der Waals surface area (Å²) < 4.78 is 16.0. The highest BCUT2D eigenvalue weighted by atomic mass is 19.1. The minimum Gasteiger partial charge on any atom is -0.375 e. The number of nitrogens with one attached hydrogen (secondary N) is 1. The molecule has 3 rings (SSSR count). The Morgan fingerprint density at radius 1 is 1.31 bits per heavy atom. The Bertz CT molecular complexity index is 788. The van der Waals surface area contributed by atoms with E-state index in [1.54, 1.807) is 32.8 Å². The lowest BCUT2D eigenvalue weighted by Gasteiger charge is -2.39. The fraction of sp³-hybridized carbons (Fsp3) is 0.474. The van der Waals surface area contributed by atoms with Gasteiger partial charge in [0.25, 0.3) is 0 Å². The zero-order valence-electron chi connectivity index (χ0n) is 15.7. The molecular formula is C19H26FN5O. The van der Waals surface area contributed by atoms with E-state index < -0.39 is 0 Å². The van der Waals surface area contributed by atoms with Gasteiger partial charge in [-0.25, -0.2) is 4.39 Å². The van der Waals surface area contributed by atoms with Gasteiger partial charge >= 0.3 is 0 Å². The van der Waals surface area contributed by atoms with Crippen molar-refractivity contribution in [3.05, 3.63) is 47.5 Å². The molecule has 2 atom stereocenters. The predicted molar refractivity (Wildman–Crippen MR) is 99.3 cm³/mol. The molecule has 1 aromatic heterocycles. The second-order valence-corrected chi connectivity index (χ2v) is 7.04. The normalized spacial score (nSPS) is 20.5. The van der Waals surface area contributed by atoms with Crippen LogP contribution in [0.5, 0.6) is 0 Å². The van der Waals surface area contributed by atoms with E-state index >= 15 is 0 Å². The molecule has 1 amide bonds. The predicted octanol–water partition coefficient (Wildman–Crippen LogP) is 2.08. The number of carbonyl (C=O) groups excluding carboxylic acids is 1. The Kier molecular flexibility index (Phi) is 5.27. The SMILES string of the molecule is CN(C)c1ccc(CN[C@@H]2CCC(=O)N(C)[C@H]2c2ccnn2C)cc1F. The molecule has 2 aromatic rings. The topological polar surface area (TPSA) is 53.4 Å². The van der Waals surface area contributed by atoms with Crippen LogP contribution in [-0.2, 0) is 18.4 Å². The number of aryl methyl sites for hydroxylation is 1. The summed E-state index contributed by atoms with van der Waals surface area (Å²) in [5.41, 5.74) is 2.45. The Balaban J connectivity index is 1.76. The maximum Gasteiger partial charge on any atom is 0.222 e. The molecular weight excluding hydrogens is 333 g/mol. The molecule has 7 heteroatoms. The maximum absolute atomic E-state index is 14.2. The number of likely N-dealkylation sites (N-methyl/N-ethyl adjacent to an activating group) is 1. The van der Waals surface area contributed by atoms with E-state index in [-0.39, 0.29) is 23.8 Å². The summed E-state index contributed by atoms with van der Waals surface area (Å²) in [6.45, 7) is 0.547. The molecule has 2 heterocycles. The fourth-order valence-corrected chi connectivity index (χ4v) is 3.60. The zero-order valence-corrected chi connectivity index (χ0v) is 15.7. The lowest BCUT2D eigenvalue weighted by molar-refractivity contribution is -0.136. The summed E-state index contributed by atoms with van der Waals surface area (Å²) in [4.78, 5) is 15.7. The number of nitrogens with zero attached hydrogens (tertiary/aromatic N) is 4. The lowest BCUT2D eigenvalue weighted by atomic mass is 9.93. The van der Waals surface area contributed by atoms with E-state index in [0.29, 0.717) is 18.7 Å². The minimum atomic E-state index is -0.228. The number of halogens is 1. The Morgan fingerprint density at radius 3 is 2.69 bits per heavy atom. The molecule has 1 saturated heterocycles. The van der Waals surface area contributed by atoms with Crippen molar-refractivity contribution in [2.45, 2.75) is 31.5 Å². The van der Waals surface area contributed by atoms with E-state index in [0.717, 1.165) is 17.7 Å². The second-order valence-electron chi connectivity index (χ2n) is 7.04. The summed E-state index contributed by atoms with van der Waals surface area (Å²) in [6.07, 6.45) is 3.00. The smallest absolute Gasteiger partial charge is 0.222 e. The summed E-state index contributed by atoms with van der Waals surface area (Å²) in [5, 5.41) is 7.75. The van der Waals surface area contributed by atoms with E-state index in [1.165, 1.54) is 0 Å². The van der Waals surface area contributed by atoms with Crippen molar-refractivity contribution in [1.82, 2.24) is 20.0 Å². The molecule has 1 aliphatic heterocycles. The molecule has 1 N–H and O–H groups in total. The van der Waals surface area contributed by atoms with Gasteiger partial charge in [0.05, 0.1) is 17.4 Å². The molecule has 6 nitrogen and oxygen atoms in total. The van der Waals surface area contributed by atoms with Crippen molar-refractivity contribution < 1.29 is 9.18 Å². The van der Waals surface area contributed by atoms with Crippen LogP contribution in [0.4, 0.5) is 10.1 Å². The Hall–Kier alpha value is -2.41. The van der Waals surface area contributed by atoms with Gasteiger partial charge in [-0.15, -0.1) is 0 Å². The van der Waals surface area contributed by atoms with Gasteiger partial charge in [-0.1, -0.05) is 6.07 Å². The summed E-state index contributed by atoms with van der Waals surface area (Å²) >= 11 is 0. The van der Waals surface area contributed by atoms with Crippen molar-refractivity contribution in [1.29, 1.82) is 0 Å². The molecule has 0 radical (unpaired) electrons. The summed E-state index contributed by atoms with van der Waals surface area (Å²) in [6, 6.07) is 7.24. The molecule has 1 fully saturated rings. The third-order valence-corrected chi connectivity index (χ3v) is 5.09. The lowest BCUT2D eigenvalue weighted by Crippen LogP contribution is -2.49. The van der Waals surface area contributed by atoms with Crippen molar-refractivity contribution in [3.8, 4) is 0 Å². The fourth-order valence-electron chi connectivity index (χ4n) is 3.60. The number of likely N-dealkylation sites (tertiary alicyclic amines) is 1. The van der Waals surface area contributed by atoms with Crippen LogP contribution in [0, 0.1) is 5.82 Å². The first-order valence-electron chi connectivity index (χ1n) is 8.81. The van der Waals surface area contributed by atoms with E-state index in [9.17, 15) is 9.18 Å². The standard InChI is InChI=1S/C19H26FN5O/c1-23(2)16-7-5-13(11-14(16)20)12-21-15-6-8-18(26)24(3)19(15)17-9-10-22-25(17)4/h5,7,9-11,15,19,21H,6,8,12H2,1-4H3/t15-,19-/m1/s1. The van der Waals surface area contributed by atoms with Crippen LogP contribution < -0.4 is 10.2 Å². The molecule has 0 saturated carbocycles. The monoisotopic (exact) mass is 359 g/mol. The molecule has 26 heavy (non-hydrogen) atoms. The molecule has 140 valence electrons. The van der Waals surface area contributed by atoms with Crippen molar-refractivity contribution in [2.24, 2.45) is 7.05 Å². The van der Waals surface area contributed by atoms with Crippen LogP contribution in [0.15, 0.2) is 30.5 Å². The van der Waals surface area contributed by atoms with Crippen LogP contribution in [0.1, 0.15) is 30.1 Å². The van der Waals surface area contributed by atoms with Gasteiger partial charge in [0.2, 0.25) is 5.91 Å². The number of anilines is 1. The number of benzene rings is 1. The van der Waals surface area contributed by atoms with Crippen LogP contribution in [-0.4, -0.2) is 47.8 Å². The quantitative estimate of drug-likeness (QED) is 0.888. The number of hydrogen-bond donors (Lipinski definition) is 1. The van der Waals surface area contributed by atoms with Crippen molar-refractivity contribution in [2.75, 3.05) is 26.0 Å². The number of carbonyl (C=O) groups is 1. The highest BCUT2D eigenvalue weighted by Crippen LogP contribution is 2.30. The molecule has 0 bridgehead atoms. The molecule has 0 unspecified atom stereocenters. The first-order valence-corrected chi connectivity index (χ1v) is 8.81. The number of amides is 1. The Labute approximate surface area is 153 Å². The van der Waals surface area contributed by atoms with Gasteiger partial charge in [0.1, 0.15) is 5.82 Å². The third-order valence-electron chi connectivity index (χ3n) is 5.09. The highest BCUT2D eigenvalue weighted by molar-refractivity contribution is 5.77. The highest BCUT2D eigenvalue weighted by Gasteiger charge is 2.35. The van der Waals surface area contributed by atoms with E-state index in [4.69, 9.17) is 0 Å². The molecule has 0 aliphatic carbocycles. The van der Waals surface area contributed by atoms with Gasteiger partial charge in [-0.3, -0.25) is 9.48 Å². The van der Waals surface area contributed by atoms with E-state index in [1.807, 2.05) is 40.3 Å². The molecule has 1 aliphatic rings. The third kappa shape index (κ3) is 3.58. The average molecular weight is 359 g/mol. The van der Waals surface area contributed by atoms with Crippen LogP contribution >= 0.6 is 0 Å². The number of rotatable bonds is 5. The van der Waals surface area contributed by atoms with Crippen molar-refractivity contribution >= 4 is 11.6 Å². The van der Waals surface area contributed by atoms with Gasteiger partial charge in [0, 0.05) is 53.4 Å². The number of aromatic nitrogens is 2. The maximum atomic E-state index is 14.2. The van der Waals surface area contributed by atoms with Crippen LogP contribution in [0.3, 0.4) is 0 Å². The van der Waals surface area contributed by atoms with Crippen LogP contribution in [0.25, 0.3) is 0 Å². The average Bonchev–Trinajstić information content (AvgIpc) is 3.01. The van der Waals surface area contributed by atoms with Gasteiger partial charge in [-0.2, -0.15) is 5.10 Å². The zero-order chi connectivity index (χ0) is 18.8. The Morgan fingerprint density at radius 2 is 2.08 bits per heavy atom. The van der Waals surface area contributed by atoms with Crippen molar-refractivity contribution in [3.63, 3.8) is 0 Å². The minimum absolute atomic E-state index is 0.0877. The second kappa shape index (κ2) is 7.45. The molecule has 0 spiro atoms. The summed E-state index contributed by atoms with van der Waals surface area (Å²) in [5.74, 6) is -0.0935. The van der Waals surface area contributed by atoms with E-state index in [2.05, 4.69) is 10.4 Å². The largest absolute Gasteiger partial charge is 0.375 e.